The maximum atomic E-state index is 14.4. The number of hydrogen-bond acceptors (Lipinski definition) is 5. The van der Waals surface area contributed by atoms with E-state index in [0.717, 1.165) is 18.4 Å². The Morgan fingerprint density at radius 3 is 2.59 bits per heavy atom. The zero-order chi connectivity index (χ0) is 26.5. The average molecular weight is 510 g/mol. The Morgan fingerprint density at radius 1 is 1.22 bits per heavy atom. The Bertz CT molecular complexity index is 1120. The third-order valence-electron chi connectivity index (χ3n) is 7.35. The molecule has 4 atom stereocenters. The van der Waals surface area contributed by atoms with Gasteiger partial charge in [-0.1, -0.05) is 18.7 Å². The number of ether oxygens (including phenoxy) is 1. The number of amides is 2. The van der Waals surface area contributed by atoms with E-state index in [1.807, 2.05) is 13.0 Å². The highest BCUT2D eigenvalue weighted by Crippen LogP contribution is 2.26. The molecule has 0 aromatic heterocycles. The molecule has 198 valence electrons. The van der Waals surface area contributed by atoms with E-state index >= 15 is 0 Å². The number of hydrogen-bond donors (Lipinski definition) is 2. The summed E-state index contributed by atoms with van der Waals surface area (Å²) >= 11 is 0. The Balaban J connectivity index is 1.46. The van der Waals surface area contributed by atoms with Crippen LogP contribution in [-0.2, 0) is 4.79 Å². The van der Waals surface area contributed by atoms with Gasteiger partial charge in [0.25, 0.3) is 5.91 Å². The van der Waals surface area contributed by atoms with E-state index in [4.69, 9.17) is 4.74 Å². The van der Waals surface area contributed by atoms with Gasteiger partial charge < -0.3 is 20.1 Å². The fourth-order valence-electron chi connectivity index (χ4n) is 5.11. The average Bonchev–Trinajstić information content (AvgIpc) is 3.29. The van der Waals surface area contributed by atoms with E-state index in [-0.39, 0.29) is 29.7 Å². The normalized spacial score (nSPS) is 22.9. The van der Waals surface area contributed by atoms with Crippen LogP contribution in [0.1, 0.15) is 53.8 Å². The van der Waals surface area contributed by atoms with Crippen molar-refractivity contribution in [2.24, 2.45) is 0 Å². The lowest BCUT2D eigenvalue weighted by atomic mass is 10.0. The van der Waals surface area contributed by atoms with Crippen LogP contribution in [0.2, 0.25) is 0 Å². The third kappa shape index (κ3) is 6.56. The van der Waals surface area contributed by atoms with Gasteiger partial charge in [-0.05, 0) is 80.6 Å². The van der Waals surface area contributed by atoms with Crippen LogP contribution in [0.25, 0.3) is 0 Å². The van der Waals surface area contributed by atoms with E-state index in [2.05, 4.69) is 16.8 Å². The van der Waals surface area contributed by atoms with Crippen LogP contribution in [0.5, 0.6) is 5.75 Å². The number of nitrogens with one attached hydrogen (secondary N) is 1. The van der Waals surface area contributed by atoms with Gasteiger partial charge in [0.05, 0.1) is 12.1 Å². The lowest BCUT2D eigenvalue weighted by Crippen LogP contribution is -2.54. The lowest BCUT2D eigenvalue weighted by molar-refractivity contribution is -0.130. The van der Waals surface area contributed by atoms with Gasteiger partial charge in [0.1, 0.15) is 17.7 Å². The Morgan fingerprint density at radius 2 is 1.97 bits per heavy atom. The Labute approximate surface area is 217 Å². The molecule has 1 saturated carbocycles. The number of carbonyl (C=O) groups is 2. The molecule has 2 aromatic carbocycles. The van der Waals surface area contributed by atoms with E-state index < -0.39 is 12.2 Å². The smallest absolute Gasteiger partial charge is 0.251 e. The number of aryl methyl sites for hydroxylation is 1. The molecule has 2 aromatic rings. The van der Waals surface area contributed by atoms with Gasteiger partial charge in [-0.15, -0.1) is 0 Å². The molecule has 1 unspecified atom stereocenters. The molecule has 0 radical (unpaired) electrons. The summed E-state index contributed by atoms with van der Waals surface area (Å²) in [7, 11) is 0. The number of rotatable bonds is 8. The minimum atomic E-state index is -0.498. The molecule has 2 fully saturated rings. The molecule has 2 amide bonds. The van der Waals surface area contributed by atoms with Crippen LogP contribution in [0.15, 0.2) is 55.1 Å². The SMILES string of the molecule is C=CC(=O)N1CCN(CC(Oc2ccc(C(=O)N[C@@H]3CCC[C@@H]3O)cc2)c2ccc(C)c(F)c2)C[C@H]1C. The van der Waals surface area contributed by atoms with Crippen LogP contribution >= 0.6 is 0 Å². The summed E-state index contributed by atoms with van der Waals surface area (Å²) < 4.78 is 20.8. The molecule has 4 rings (SSSR count). The number of aliphatic hydroxyl groups is 1. The molecule has 2 N–H and O–H groups in total. The second-order valence-electron chi connectivity index (χ2n) is 10.1. The third-order valence-corrected chi connectivity index (χ3v) is 7.35. The largest absolute Gasteiger partial charge is 0.484 e. The maximum Gasteiger partial charge on any atom is 0.251 e. The highest BCUT2D eigenvalue weighted by molar-refractivity contribution is 5.94. The first-order valence-corrected chi connectivity index (χ1v) is 12.9. The van der Waals surface area contributed by atoms with Crippen molar-refractivity contribution >= 4 is 11.8 Å². The van der Waals surface area contributed by atoms with Gasteiger partial charge in [-0.2, -0.15) is 0 Å². The summed E-state index contributed by atoms with van der Waals surface area (Å²) in [4.78, 5) is 28.7. The molecule has 0 spiro atoms. The van der Waals surface area contributed by atoms with E-state index in [1.165, 1.54) is 12.1 Å². The monoisotopic (exact) mass is 509 g/mol. The van der Waals surface area contributed by atoms with Crippen LogP contribution in [0.4, 0.5) is 4.39 Å². The Hall–Kier alpha value is -3.23. The summed E-state index contributed by atoms with van der Waals surface area (Å²) in [6, 6.07) is 11.8. The standard InChI is InChI=1S/C29H36FN3O4/c1-4-28(35)33-15-14-32(17-20(33)3)18-27(22-9-8-19(2)24(30)16-22)37-23-12-10-21(11-13-23)29(36)31-25-6-5-7-26(25)34/h4,8-13,16,20,25-27,34H,1,5-7,14-15,17-18H2,2-3H3,(H,31,36)/t20-,25-,26+,27?/m1/s1. The number of piperazine rings is 1. The first-order valence-electron chi connectivity index (χ1n) is 12.9. The molecule has 2 aliphatic rings. The molecular weight excluding hydrogens is 473 g/mol. The number of benzene rings is 2. The van der Waals surface area contributed by atoms with Crippen molar-refractivity contribution in [3.8, 4) is 5.75 Å². The molecule has 1 aliphatic heterocycles. The molecule has 0 bridgehead atoms. The van der Waals surface area contributed by atoms with Crippen LogP contribution < -0.4 is 10.1 Å². The second kappa shape index (κ2) is 11.9. The van der Waals surface area contributed by atoms with E-state index in [1.54, 1.807) is 42.2 Å². The van der Waals surface area contributed by atoms with Gasteiger partial charge in [0.15, 0.2) is 0 Å². The van der Waals surface area contributed by atoms with Crippen molar-refractivity contribution in [1.29, 1.82) is 0 Å². The van der Waals surface area contributed by atoms with Crippen LogP contribution in [-0.4, -0.2) is 71.1 Å². The summed E-state index contributed by atoms with van der Waals surface area (Å²) in [5.74, 6) is -0.0263. The summed E-state index contributed by atoms with van der Waals surface area (Å²) in [5, 5.41) is 12.9. The number of aliphatic hydroxyl groups excluding tert-OH is 1. The van der Waals surface area contributed by atoms with Crippen LogP contribution in [0.3, 0.4) is 0 Å². The topological polar surface area (TPSA) is 82.1 Å². The molecule has 1 heterocycles. The van der Waals surface area contributed by atoms with Crippen molar-refractivity contribution in [3.63, 3.8) is 0 Å². The molecule has 1 aliphatic carbocycles. The summed E-state index contributed by atoms with van der Waals surface area (Å²) in [6.45, 7) is 9.75. The van der Waals surface area contributed by atoms with Gasteiger partial charge in [-0.3, -0.25) is 14.5 Å². The van der Waals surface area contributed by atoms with Crippen molar-refractivity contribution in [3.05, 3.63) is 77.6 Å². The van der Waals surface area contributed by atoms with Gasteiger partial charge in [0, 0.05) is 37.8 Å². The highest BCUT2D eigenvalue weighted by Gasteiger charge is 2.29. The van der Waals surface area contributed by atoms with Crippen molar-refractivity contribution < 1.29 is 23.8 Å². The number of carbonyl (C=O) groups excluding carboxylic acids is 2. The second-order valence-corrected chi connectivity index (χ2v) is 10.1. The molecule has 1 saturated heterocycles. The minimum Gasteiger partial charge on any atom is -0.484 e. The van der Waals surface area contributed by atoms with E-state index in [9.17, 15) is 19.1 Å². The highest BCUT2D eigenvalue weighted by atomic mass is 19.1. The predicted octanol–water partition coefficient (Wildman–Crippen LogP) is 3.62. The molecule has 7 nitrogen and oxygen atoms in total. The number of halogens is 1. The van der Waals surface area contributed by atoms with Crippen molar-refractivity contribution in [1.82, 2.24) is 15.1 Å². The molecule has 37 heavy (non-hydrogen) atoms. The first-order chi connectivity index (χ1) is 17.7. The molecular formula is C29H36FN3O4. The zero-order valence-electron chi connectivity index (χ0n) is 21.5. The maximum absolute atomic E-state index is 14.4. The summed E-state index contributed by atoms with van der Waals surface area (Å²) in [6.07, 6.45) is 2.78. The fourth-order valence-corrected chi connectivity index (χ4v) is 5.11. The molecule has 8 heteroatoms. The fraction of sp³-hybridized carbons (Fsp3) is 0.448. The number of nitrogens with zero attached hydrogens (tertiary/aromatic N) is 2. The van der Waals surface area contributed by atoms with Gasteiger partial charge in [-0.25, -0.2) is 4.39 Å². The Kier molecular flexibility index (Phi) is 8.61. The van der Waals surface area contributed by atoms with Gasteiger partial charge >= 0.3 is 0 Å². The predicted molar refractivity (Wildman–Crippen MR) is 140 cm³/mol. The first kappa shape index (κ1) is 26.8. The van der Waals surface area contributed by atoms with Crippen LogP contribution in [0, 0.1) is 12.7 Å². The quantitative estimate of drug-likeness (QED) is 0.532. The van der Waals surface area contributed by atoms with Crippen molar-refractivity contribution in [2.75, 3.05) is 26.2 Å². The van der Waals surface area contributed by atoms with Gasteiger partial charge in [0.2, 0.25) is 5.91 Å². The lowest BCUT2D eigenvalue weighted by Gasteiger charge is -2.40. The summed E-state index contributed by atoms with van der Waals surface area (Å²) in [5.41, 5.74) is 1.77. The van der Waals surface area contributed by atoms with Crippen molar-refractivity contribution in [2.45, 2.75) is 57.4 Å². The minimum absolute atomic E-state index is 0.0193. The van der Waals surface area contributed by atoms with E-state index in [0.29, 0.717) is 49.5 Å². The zero-order valence-corrected chi connectivity index (χ0v) is 21.5.